The van der Waals surface area contributed by atoms with Gasteiger partial charge in [0.25, 0.3) is 11.7 Å². The van der Waals surface area contributed by atoms with Gasteiger partial charge in [-0.2, -0.15) is 8.78 Å². The third kappa shape index (κ3) is 6.23. The summed E-state index contributed by atoms with van der Waals surface area (Å²) >= 11 is 1.69. The molecule has 1 aromatic heterocycles. The molecule has 1 fully saturated rings. The molecule has 1 aliphatic rings. The zero-order valence-corrected chi connectivity index (χ0v) is 16.7. The van der Waals surface area contributed by atoms with Gasteiger partial charge in [-0.1, -0.05) is 11.8 Å². The van der Waals surface area contributed by atoms with Crippen molar-refractivity contribution in [3.8, 4) is 0 Å². The fourth-order valence-corrected chi connectivity index (χ4v) is 3.98. The Hall–Kier alpha value is -2.53. The maximum atomic E-state index is 12.3. The minimum atomic E-state index is -2.51. The molecule has 29 heavy (non-hydrogen) atoms. The number of nitrogens with one attached hydrogen (secondary N) is 1. The Morgan fingerprint density at radius 1 is 1.31 bits per heavy atom. The zero-order chi connectivity index (χ0) is 20.8. The second-order valence-electron chi connectivity index (χ2n) is 6.06. The minimum absolute atomic E-state index is 0.0194. The lowest BCUT2D eigenvalue weighted by molar-refractivity contribution is -0.146. The van der Waals surface area contributed by atoms with Crippen LogP contribution in [0, 0.1) is 0 Å². The monoisotopic (exact) mass is 441 g/mol. The molecule has 0 radical (unpaired) electrons. The number of carbonyl (C=O) groups excluding carboxylic acids is 3. The number of alkyl halides is 2. The van der Waals surface area contributed by atoms with Gasteiger partial charge in [0.1, 0.15) is 0 Å². The number of aromatic nitrogens is 1. The van der Waals surface area contributed by atoms with E-state index < -0.39 is 24.2 Å². The molecular weight excluding hydrogens is 424 g/mol. The quantitative estimate of drug-likeness (QED) is 0.500. The number of hydrogen-bond acceptors (Lipinski definition) is 7. The maximum Gasteiger partial charge on any atom is 0.312 e. The number of esters is 1. The SMILES string of the molecule is O=C(COC(=O)Cc1csc(N2CCCC2=O)n1)Nc1ccc(SC(F)F)cc1. The zero-order valence-electron chi connectivity index (χ0n) is 15.1. The van der Waals surface area contributed by atoms with Crippen molar-refractivity contribution >= 4 is 51.7 Å². The Morgan fingerprint density at radius 2 is 2.07 bits per heavy atom. The van der Waals surface area contributed by atoms with Crippen LogP contribution >= 0.6 is 23.1 Å². The summed E-state index contributed by atoms with van der Waals surface area (Å²) < 4.78 is 29.5. The first-order chi connectivity index (χ1) is 13.9. The van der Waals surface area contributed by atoms with Crippen LogP contribution in [0.5, 0.6) is 0 Å². The molecule has 0 unspecified atom stereocenters. The Balaban J connectivity index is 1.42. The van der Waals surface area contributed by atoms with E-state index in [0.29, 0.717) is 46.1 Å². The molecule has 1 aromatic carbocycles. The Bertz CT molecular complexity index is 889. The number of thiazole rings is 1. The van der Waals surface area contributed by atoms with Crippen molar-refractivity contribution in [1.82, 2.24) is 4.98 Å². The third-order valence-electron chi connectivity index (χ3n) is 3.90. The summed E-state index contributed by atoms with van der Waals surface area (Å²) in [6.07, 6.45) is 1.18. The van der Waals surface area contributed by atoms with Gasteiger partial charge in [0.05, 0.1) is 12.1 Å². The predicted molar refractivity (Wildman–Crippen MR) is 105 cm³/mol. The van der Waals surface area contributed by atoms with Crippen LogP contribution in [0.15, 0.2) is 34.5 Å². The van der Waals surface area contributed by atoms with Gasteiger partial charge in [-0.15, -0.1) is 11.3 Å². The molecule has 7 nitrogen and oxygen atoms in total. The van der Waals surface area contributed by atoms with E-state index >= 15 is 0 Å². The number of thioether (sulfide) groups is 1. The van der Waals surface area contributed by atoms with Gasteiger partial charge in [-0.25, -0.2) is 4.98 Å². The molecule has 3 rings (SSSR count). The van der Waals surface area contributed by atoms with Gasteiger partial charge in [-0.05, 0) is 30.7 Å². The number of halogens is 2. The second-order valence-corrected chi connectivity index (χ2v) is 7.96. The molecule has 2 amide bonds. The summed E-state index contributed by atoms with van der Waals surface area (Å²) in [6.45, 7) is 0.145. The fraction of sp³-hybridized carbons (Fsp3) is 0.333. The van der Waals surface area contributed by atoms with E-state index in [2.05, 4.69) is 10.3 Å². The molecule has 11 heteroatoms. The van der Waals surface area contributed by atoms with E-state index in [0.717, 1.165) is 6.42 Å². The molecule has 0 saturated carbocycles. The Morgan fingerprint density at radius 3 is 2.72 bits per heavy atom. The van der Waals surface area contributed by atoms with E-state index in [4.69, 9.17) is 4.74 Å². The molecule has 0 bridgehead atoms. The topological polar surface area (TPSA) is 88.6 Å². The average molecular weight is 441 g/mol. The highest BCUT2D eigenvalue weighted by Gasteiger charge is 2.24. The number of rotatable bonds is 8. The smallest absolute Gasteiger partial charge is 0.312 e. The van der Waals surface area contributed by atoms with Crippen LogP contribution in [0.4, 0.5) is 19.6 Å². The Labute approximate surface area is 173 Å². The normalized spacial score (nSPS) is 13.8. The van der Waals surface area contributed by atoms with Gasteiger partial charge in [0.15, 0.2) is 11.7 Å². The molecule has 154 valence electrons. The summed E-state index contributed by atoms with van der Waals surface area (Å²) in [5.74, 6) is -3.66. The predicted octanol–water partition coefficient (Wildman–Crippen LogP) is 3.31. The van der Waals surface area contributed by atoms with Crippen molar-refractivity contribution in [3.05, 3.63) is 35.3 Å². The summed E-state index contributed by atoms with van der Waals surface area (Å²) in [5.41, 5.74) is 0.881. The lowest BCUT2D eigenvalue weighted by Crippen LogP contribution is -2.23. The van der Waals surface area contributed by atoms with Gasteiger partial charge >= 0.3 is 5.97 Å². The maximum absolute atomic E-state index is 12.3. The van der Waals surface area contributed by atoms with E-state index in [1.54, 1.807) is 10.3 Å². The first kappa shape index (κ1) is 21.2. The average Bonchev–Trinajstić information content (AvgIpc) is 3.30. The lowest BCUT2D eigenvalue weighted by Gasteiger charge is -2.10. The number of carbonyl (C=O) groups is 3. The first-order valence-electron chi connectivity index (χ1n) is 8.66. The number of anilines is 2. The van der Waals surface area contributed by atoms with Crippen LogP contribution in [0.2, 0.25) is 0 Å². The van der Waals surface area contributed by atoms with Crippen molar-refractivity contribution in [2.75, 3.05) is 23.4 Å². The summed E-state index contributed by atoms with van der Waals surface area (Å²) in [5, 5.41) is 4.76. The van der Waals surface area contributed by atoms with Crippen LogP contribution in [-0.4, -0.2) is 41.7 Å². The molecule has 1 aliphatic heterocycles. The molecule has 2 heterocycles. The van der Waals surface area contributed by atoms with Crippen molar-refractivity contribution in [1.29, 1.82) is 0 Å². The standard InChI is InChI=1S/C18H17F2N3O4S2/c19-17(20)29-13-5-3-11(4-6-13)21-14(24)9-27-16(26)8-12-10-28-18(22-12)23-7-1-2-15(23)25/h3-6,10,17H,1-2,7-9H2,(H,21,24). The highest BCUT2D eigenvalue weighted by Crippen LogP contribution is 2.26. The molecule has 2 aromatic rings. The minimum Gasteiger partial charge on any atom is -0.455 e. The van der Waals surface area contributed by atoms with Crippen molar-refractivity contribution < 1.29 is 27.9 Å². The lowest BCUT2D eigenvalue weighted by atomic mass is 10.3. The fourth-order valence-electron chi connectivity index (χ4n) is 2.61. The van der Waals surface area contributed by atoms with Crippen LogP contribution in [0.3, 0.4) is 0 Å². The van der Waals surface area contributed by atoms with E-state index in [1.165, 1.54) is 35.6 Å². The number of amides is 2. The highest BCUT2D eigenvalue weighted by atomic mass is 32.2. The van der Waals surface area contributed by atoms with E-state index in [9.17, 15) is 23.2 Å². The third-order valence-corrected chi connectivity index (χ3v) is 5.53. The molecule has 0 spiro atoms. The van der Waals surface area contributed by atoms with Crippen LogP contribution < -0.4 is 10.2 Å². The first-order valence-corrected chi connectivity index (χ1v) is 10.4. The van der Waals surface area contributed by atoms with Gasteiger partial charge < -0.3 is 10.1 Å². The molecular formula is C18H17F2N3O4S2. The molecule has 1 saturated heterocycles. The van der Waals surface area contributed by atoms with E-state index in [1.807, 2.05) is 0 Å². The highest BCUT2D eigenvalue weighted by molar-refractivity contribution is 7.99. The van der Waals surface area contributed by atoms with Crippen molar-refractivity contribution in [2.24, 2.45) is 0 Å². The van der Waals surface area contributed by atoms with Gasteiger partial charge in [0, 0.05) is 28.9 Å². The second kappa shape index (κ2) is 9.79. The number of ether oxygens (including phenoxy) is 1. The molecule has 0 atom stereocenters. The van der Waals surface area contributed by atoms with E-state index in [-0.39, 0.29) is 12.3 Å². The van der Waals surface area contributed by atoms with Crippen LogP contribution in [-0.2, 0) is 25.5 Å². The summed E-state index contributed by atoms with van der Waals surface area (Å²) in [4.78, 5) is 41.8. The number of hydrogen-bond donors (Lipinski definition) is 1. The number of benzene rings is 1. The Kier molecular flexibility index (Phi) is 7.15. The summed E-state index contributed by atoms with van der Waals surface area (Å²) in [7, 11) is 0. The molecule has 1 N–H and O–H groups in total. The van der Waals surface area contributed by atoms with Crippen LogP contribution in [0.25, 0.3) is 0 Å². The number of nitrogens with zero attached hydrogens (tertiary/aromatic N) is 2. The van der Waals surface area contributed by atoms with Crippen molar-refractivity contribution in [2.45, 2.75) is 29.9 Å². The molecule has 0 aliphatic carbocycles. The van der Waals surface area contributed by atoms with Gasteiger partial charge in [-0.3, -0.25) is 19.3 Å². The van der Waals surface area contributed by atoms with Crippen molar-refractivity contribution in [3.63, 3.8) is 0 Å². The summed E-state index contributed by atoms with van der Waals surface area (Å²) in [6, 6.07) is 5.90. The largest absolute Gasteiger partial charge is 0.455 e. The van der Waals surface area contributed by atoms with Crippen LogP contribution in [0.1, 0.15) is 18.5 Å². The van der Waals surface area contributed by atoms with Gasteiger partial charge in [0.2, 0.25) is 5.91 Å².